The SMILES string of the molecule is CCNC1CC2CCCC(C1)N2Cc1csc(C)n1. The Morgan fingerprint density at radius 1 is 1.37 bits per heavy atom. The van der Waals surface area contributed by atoms with Crippen LogP contribution in [-0.2, 0) is 6.54 Å². The molecule has 2 aliphatic rings. The predicted octanol–water partition coefficient (Wildman–Crippen LogP) is 2.95. The van der Waals surface area contributed by atoms with Gasteiger partial charge in [0.2, 0.25) is 0 Å². The van der Waals surface area contributed by atoms with Gasteiger partial charge in [0.1, 0.15) is 0 Å². The van der Waals surface area contributed by atoms with Gasteiger partial charge in [-0.3, -0.25) is 4.90 Å². The number of rotatable bonds is 4. The molecule has 1 aromatic heterocycles. The summed E-state index contributed by atoms with van der Waals surface area (Å²) >= 11 is 1.78. The molecule has 2 unspecified atom stereocenters. The van der Waals surface area contributed by atoms with Crippen molar-refractivity contribution >= 4 is 11.3 Å². The fraction of sp³-hybridized carbons (Fsp3) is 0.800. The van der Waals surface area contributed by atoms with Crippen molar-refractivity contribution < 1.29 is 0 Å². The molecule has 0 saturated carbocycles. The maximum absolute atomic E-state index is 4.65. The predicted molar refractivity (Wildman–Crippen MR) is 80.5 cm³/mol. The van der Waals surface area contributed by atoms with Crippen LogP contribution < -0.4 is 5.32 Å². The number of piperidine rings is 2. The highest BCUT2D eigenvalue weighted by Gasteiger charge is 2.37. The second kappa shape index (κ2) is 5.90. The molecule has 0 radical (unpaired) electrons. The van der Waals surface area contributed by atoms with Crippen molar-refractivity contribution in [3.63, 3.8) is 0 Å². The van der Waals surface area contributed by atoms with E-state index in [2.05, 4.69) is 34.4 Å². The molecule has 2 saturated heterocycles. The van der Waals surface area contributed by atoms with E-state index in [9.17, 15) is 0 Å². The zero-order valence-corrected chi connectivity index (χ0v) is 12.9. The normalized spacial score (nSPS) is 31.6. The maximum Gasteiger partial charge on any atom is 0.0897 e. The van der Waals surface area contributed by atoms with E-state index in [0.29, 0.717) is 0 Å². The molecule has 0 spiro atoms. The Balaban J connectivity index is 1.68. The zero-order valence-electron chi connectivity index (χ0n) is 12.1. The number of thiazole rings is 1. The van der Waals surface area contributed by atoms with Gasteiger partial charge in [-0.05, 0) is 39.2 Å². The highest BCUT2D eigenvalue weighted by Crippen LogP contribution is 2.35. The van der Waals surface area contributed by atoms with Gasteiger partial charge in [-0.2, -0.15) is 0 Å². The molecule has 2 bridgehead atoms. The number of hydrogen-bond donors (Lipinski definition) is 1. The van der Waals surface area contributed by atoms with Crippen LogP contribution in [0.1, 0.15) is 49.7 Å². The van der Waals surface area contributed by atoms with Crippen molar-refractivity contribution in [2.45, 2.75) is 70.6 Å². The minimum absolute atomic E-state index is 0.744. The van der Waals surface area contributed by atoms with Gasteiger partial charge in [-0.25, -0.2) is 4.98 Å². The Hall–Kier alpha value is -0.450. The largest absolute Gasteiger partial charge is 0.314 e. The fourth-order valence-electron chi connectivity index (χ4n) is 3.86. The van der Waals surface area contributed by atoms with Gasteiger partial charge in [-0.15, -0.1) is 11.3 Å². The lowest BCUT2D eigenvalue weighted by molar-refractivity contribution is 0.0172. The second-order valence-corrected chi connectivity index (χ2v) is 7.06. The van der Waals surface area contributed by atoms with E-state index in [0.717, 1.165) is 31.2 Å². The van der Waals surface area contributed by atoms with Crippen LogP contribution >= 0.6 is 11.3 Å². The van der Waals surface area contributed by atoms with Crippen molar-refractivity contribution in [3.05, 3.63) is 16.1 Å². The Morgan fingerprint density at radius 2 is 2.11 bits per heavy atom. The van der Waals surface area contributed by atoms with E-state index < -0.39 is 0 Å². The van der Waals surface area contributed by atoms with E-state index in [1.807, 2.05) is 0 Å². The number of fused-ring (bicyclic) bond motifs is 2. The van der Waals surface area contributed by atoms with Crippen LogP contribution in [-0.4, -0.2) is 34.6 Å². The summed E-state index contributed by atoms with van der Waals surface area (Å²) in [7, 11) is 0. The Morgan fingerprint density at radius 3 is 2.68 bits per heavy atom. The topological polar surface area (TPSA) is 28.2 Å². The molecule has 4 heteroatoms. The lowest BCUT2D eigenvalue weighted by Crippen LogP contribution is -2.55. The van der Waals surface area contributed by atoms with Gasteiger partial charge in [-0.1, -0.05) is 13.3 Å². The Kier molecular flexibility index (Phi) is 4.20. The first-order valence-electron chi connectivity index (χ1n) is 7.66. The van der Waals surface area contributed by atoms with E-state index in [1.165, 1.54) is 42.8 Å². The van der Waals surface area contributed by atoms with E-state index in [-0.39, 0.29) is 0 Å². The first-order valence-corrected chi connectivity index (χ1v) is 8.54. The molecule has 1 N–H and O–H groups in total. The minimum atomic E-state index is 0.744. The van der Waals surface area contributed by atoms with E-state index in [4.69, 9.17) is 0 Å². The van der Waals surface area contributed by atoms with Crippen LogP contribution in [0.4, 0.5) is 0 Å². The van der Waals surface area contributed by atoms with Crippen molar-refractivity contribution in [2.75, 3.05) is 6.54 Å². The molecule has 2 fully saturated rings. The summed E-state index contributed by atoms with van der Waals surface area (Å²) in [6.45, 7) is 6.50. The van der Waals surface area contributed by atoms with Crippen molar-refractivity contribution in [1.29, 1.82) is 0 Å². The number of nitrogens with one attached hydrogen (secondary N) is 1. The van der Waals surface area contributed by atoms with Crippen molar-refractivity contribution in [1.82, 2.24) is 15.2 Å². The quantitative estimate of drug-likeness (QED) is 0.918. The summed E-state index contributed by atoms with van der Waals surface area (Å²) in [4.78, 5) is 7.39. The van der Waals surface area contributed by atoms with Crippen LogP contribution in [0, 0.1) is 6.92 Å². The van der Waals surface area contributed by atoms with Crippen LogP contribution in [0.2, 0.25) is 0 Å². The molecule has 3 nitrogen and oxygen atoms in total. The fourth-order valence-corrected chi connectivity index (χ4v) is 4.46. The monoisotopic (exact) mass is 279 g/mol. The lowest BCUT2D eigenvalue weighted by Gasteiger charge is -2.49. The molecule has 2 atom stereocenters. The average Bonchev–Trinajstić information content (AvgIpc) is 2.76. The molecule has 2 aliphatic heterocycles. The van der Waals surface area contributed by atoms with Gasteiger partial charge < -0.3 is 5.32 Å². The summed E-state index contributed by atoms with van der Waals surface area (Å²) in [6, 6.07) is 2.30. The van der Waals surface area contributed by atoms with E-state index >= 15 is 0 Å². The lowest BCUT2D eigenvalue weighted by atomic mass is 9.81. The summed E-state index contributed by atoms with van der Waals surface area (Å²) in [5, 5.41) is 7.10. The molecular formula is C15H25N3S. The third-order valence-corrected chi connectivity index (χ3v) is 5.45. The van der Waals surface area contributed by atoms with Gasteiger partial charge in [0.05, 0.1) is 10.7 Å². The third kappa shape index (κ3) is 3.01. The molecule has 3 heterocycles. The first kappa shape index (κ1) is 13.5. The smallest absolute Gasteiger partial charge is 0.0897 e. The summed E-state index contributed by atoms with van der Waals surface area (Å²) in [5.74, 6) is 0. The van der Waals surface area contributed by atoms with Gasteiger partial charge in [0, 0.05) is 30.1 Å². The molecule has 106 valence electrons. The van der Waals surface area contributed by atoms with Crippen molar-refractivity contribution in [3.8, 4) is 0 Å². The molecular weight excluding hydrogens is 254 g/mol. The van der Waals surface area contributed by atoms with Crippen LogP contribution in [0.25, 0.3) is 0 Å². The Bertz CT molecular complexity index is 403. The van der Waals surface area contributed by atoms with Gasteiger partial charge in [0.15, 0.2) is 0 Å². The van der Waals surface area contributed by atoms with Crippen LogP contribution in [0.15, 0.2) is 5.38 Å². The summed E-state index contributed by atoms with van der Waals surface area (Å²) < 4.78 is 0. The van der Waals surface area contributed by atoms with Crippen LogP contribution in [0.3, 0.4) is 0 Å². The van der Waals surface area contributed by atoms with Crippen LogP contribution in [0.5, 0.6) is 0 Å². The standard InChI is InChI=1S/C15H25N3S/c1-3-16-12-7-14-5-4-6-15(8-12)18(14)9-13-10-19-11(2)17-13/h10,12,14-16H,3-9H2,1-2H3. The molecule has 3 rings (SSSR count). The third-order valence-electron chi connectivity index (χ3n) is 4.63. The molecule has 19 heavy (non-hydrogen) atoms. The number of aromatic nitrogens is 1. The first-order chi connectivity index (χ1) is 9.26. The number of aryl methyl sites for hydroxylation is 1. The number of nitrogens with zero attached hydrogens (tertiary/aromatic N) is 2. The zero-order chi connectivity index (χ0) is 13.2. The Labute approximate surface area is 120 Å². The highest BCUT2D eigenvalue weighted by atomic mass is 32.1. The molecule has 0 amide bonds. The van der Waals surface area contributed by atoms with Gasteiger partial charge in [0.25, 0.3) is 0 Å². The van der Waals surface area contributed by atoms with Gasteiger partial charge >= 0.3 is 0 Å². The molecule has 0 aromatic carbocycles. The highest BCUT2D eigenvalue weighted by molar-refractivity contribution is 7.09. The minimum Gasteiger partial charge on any atom is -0.314 e. The average molecular weight is 279 g/mol. The molecule has 1 aromatic rings. The maximum atomic E-state index is 4.65. The van der Waals surface area contributed by atoms with E-state index in [1.54, 1.807) is 11.3 Å². The summed E-state index contributed by atoms with van der Waals surface area (Å²) in [6.07, 6.45) is 6.82. The summed E-state index contributed by atoms with van der Waals surface area (Å²) in [5.41, 5.74) is 1.28. The van der Waals surface area contributed by atoms with Crippen molar-refractivity contribution in [2.24, 2.45) is 0 Å². The molecule has 0 aliphatic carbocycles. The number of hydrogen-bond acceptors (Lipinski definition) is 4. The second-order valence-electron chi connectivity index (χ2n) is 5.99.